The second-order valence-corrected chi connectivity index (χ2v) is 7.20. The van der Waals surface area contributed by atoms with Gasteiger partial charge in [0.1, 0.15) is 12.3 Å². The van der Waals surface area contributed by atoms with Crippen molar-refractivity contribution in [3.8, 4) is 5.75 Å². The molecule has 26 heavy (non-hydrogen) atoms. The molecule has 140 valence electrons. The molecule has 7 heteroatoms. The molecule has 1 aromatic rings. The molecular weight excluding hydrogens is 352 g/mol. The number of thioether (sulfide) groups is 1. The number of rotatable bonds is 3. The van der Waals surface area contributed by atoms with Crippen molar-refractivity contribution >= 4 is 28.8 Å². The number of aryl methyl sites for hydroxylation is 1. The van der Waals surface area contributed by atoms with E-state index in [1.54, 1.807) is 7.11 Å². The van der Waals surface area contributed by atoms with Gasteiger partial charge in [-0.15, -0.1) is 0 Å². The second kappa shape index (κ2) is 9.43. The number of imide groups is 1. The molecule has 1 aromatic carbocycles. The van der Waals surface area contributed by atoms with Crippen LogP contribution in [0.2, 0.25) is 0 Å². The molecule has 1 aliphatic carbocycles. The van der Waals surface area contributed by atoms with E-state index in [0.29, 0.717) is 4.91 Å². The Morgan fingerprint density at radius 3 is 2.31 bits per heavy atom. The van der Waals surface area contributed by atoms with Gasteiger partial charge in [-0.05, 0) is 56.5 Å². The predicted octanol–water partition coefficient (Wildman–Crippen LogP) is 3.39. The number of benzene rings is 1. The van der Waals surface area contributed by atoms with Crippen molar-refractivity contribution in [3.63, 3.8) is 0 Å². The van der Waals surface area contributed by atoms with E-state index in [4.69, 9.17) is 10.5 Å². The van der Waals surface area contributed by atoms with Crippen LogP contribution >= 0.6 is 11.8 Å². The van der Waals surface area contributed by atoms with Gasteiger partial charge in [0.15, 0.2) is 0 Å². The Morgan fingerprint density at radius 1 is 1.15 bits per heavy atom. The van der Waals surface area contributed by atoms with Gasteiger partial charge in [-0.2, -0.15) is 0 Å². The molecule has 2 N–H and O–H groups in total. The maximum Gasteiger partial charge on any atom is 0.294 e. The summed E-state index contributed by atoms with van der Waals surface area (Å²) >= 11 is 0.940. The van der Waals surface area contributed by atoms with Crippen LogP contribution in [0.3, 0.4) is 0 Å². The van der Waals surface area contributed by atoms with Crippen molar-refractivity contribution in [2.45, 2.75) is 39.0 Å². The van der Waals surface area contributed by atoms with E-state index in [1.165, 1.54) is 12.0 Å². The summed E-state index contributed by atoms with van der Waals surface area (Å²) < 4.78 is 4.97. The van der Waals surface area contributed by atoms with Gasteiger partial charge in [0.25, 0.3) is 11.1 Å². The Hall–Kier alpha value is -2.28. The normalized spacial score (nSPS) is 17.1. The van der Waals surface area contributed by atoms with E-state index >= 15 is 0 Å². The third-order valence-corrected chi connectivity index (χ3v) is 5.26. The number of ether oxygens (including phenoxy) is 1. The minimum atomic E-state index is -0.665. The Labute approximate surface area is 157 Å². The molecule has 1 saturated carbocycles. The molecule has 1 heterocycles. The van der Waals surface area contributed by atoms with E-state index in [-0.39, 0.29) is 17.7 Å². The maximum atomic E-state index is 12.0. The van der Waals surface area contributed by atoms with E-state index in [2.05, 4.69) is 6.92 Å². The minimum Gasteiger partial charge on any atom is -0.497 e. The molecule has 0 radical (unpaired) electrons. The van der Waals surface area contributed by atoms with Crippen LogP contribution < -0.4 is 10.5 Å². The monoisotopic (exact) mass is 376 g/mol. The lowest BCUT2D eigenvalue weighted by Crippen LogP contribution is -2.36. The van der Waals surface area contributed by atoms with Crippen molar-refractivity contribution in [1.82, 2.24) is 4.90 Å². The second-order valence-electron chi connectivity index (χ2n) is 6.24. The van der Waals surface area contributed by atoms with Gasteiger partial charge in [0.05, 0.1) is 12.0 Å². The van der Waals surface area contributed by atoms with E-state index < -0.39 is 5.91 Å². The first-order chi connectivity index (χ1) is 12.4. The number of hydrogen-bond donors (Lipinski definition) is 1. The topological polar surface area (TPSA) is 89.7 Å². The van der Waals surface area contributed by atoms with Crippen LogP contribution in [0.5, 0.6) is 5.75 Å². The molecule has 3 rings (SSSR count). The fraction of sp³-hybridized carbons (Fsp3) is 0.421. The summed E-state index contributed by atoms with van der Waals surface area (Å²) in [5.41, 5.74) is 7.33. The largest absolute Gasteiger partial charge is 0.497 e. The van der Waals surface area contributed by atoms with Gasteiger partial charge in [-0.1, -0.05) is 29.7 Å². The zero-order chi connectivity index (χ0) is 19.1. The lowest BCUT2D eigenvalue weighted by molar-refractivity contribution is -0.128. The molecule has 2 aliphatic rings. The highest BCUT2D eigenvalue weighted by molar-refractivity contribution is 8.18. The Kier molecular flexibility index (Phi) is 7.26. The van der Waals surface area contributed by atoms with E-state index in [0.717, 1.165) is 53.7 Å². The first-order valence-electron chi connectivity index (χ1n) is 8.57. The molecule has 2 fully saturated rings. The summed E-state index contributed by atoms with van der Waals surface area (Å²) in [7, 11) is 1.67. The van der Waals surface area contributed by atoms with Crippen molar-refractivity contribution in [2.24, 2.45) is 5.73 Å². The van der Waals surface area contributed by atoms with Crippen LogP contribution in [0.1, 0.15) is 37.7 Å². The lowest BCUT2D eigenvalue weighted by Gasteiger charge is -2.15. The number of nitrogens with zero attached hydrogens (tertiary/aromatic N) is 1. The first kappa shape index (κ1) is 20.0. The maximum absolute atomic E-state index is 12.0. The Bertz CT molecular complexity index is 705. The van der Waals surface area contributed by atoms with Crippen molar-refractivity contribution < 1.29 is 19.1 Å². The summed E-state index contributed by atoms with van der Waals surface area (Å²) in [6, 6.07) is 7.96. The van der Waals surface area contributed by atoms with Gasteiger partial charge in [-0.3, -0.25) is 19.3 Å². The van der Waals surface area contributed by atoms with E-state index in [1.807, 2.05) is 24.3 Å². The Balaban J connectivity index is 0.000000228. The molecule has 1 saturated heterocycles. The zero-order valence-corrected chi connectivity index (χ0v) is 15.9. The third-order valence-electron chi connectivity index (χ3n) is 4.20. The summed E-state index contributed by atoms with van der Waals surface area (Å²) in [6.45, 7) is 1.74. The third kappa shape index (κ3) is 5.36. The molecule has 3 amide bonds. The number of primary amides is 1. The van der Waals surface area contributed by atoms with Crippen LogP contribution in [0.15, 0.2) is 34.7 Å². The molecular formula is C19H24N2O4S. The fourth-order valence-electron chi connectivity index (χ4n) is 2.79. The van der Waals surface area contributed by atoms with Crippen LogP contribution in [0.25, 0.3) is 0 Å². The molecule has 0 aromatic heterocycles. The fourth-order valence-corrected chi connectivity index (χ4v) is 3.77. The van der Waals surface area contributed by atoms with Gasteiger partial charge in [0, 0.05) is 0 Å². The smallest absolute Gasteiger partial charge is 0.294 e. The summed E-state index contributed by atoms with van der Waals surface area (Å²) in [5.74, 6) is -0.0986. The van der Waals surface area contributed by atoms with Crippen LogP contribution in [0.4, 0.5) is 4.79 Å². The SMILES string of the molecule is COc1ccc(C)cc1.NC(=O)CN1C(=O)SC(=C2CCCCC2)C1=O. The Morgan fingerprint density at radius 2 is 1.77 bits per heavy atom. The standard InChI is InChI=1S/C11H14N2O3S.C8H10O/c12-8(14)6-13-10(15)9(17-11(13)16)7-4-2-1-3-5-7;1-7-3-5-8(9-2)6-4-7/h1-6H2,(H2,12,14);3-6H,1-2H3. The van der Waals surface area contributed by atoms with Gasteiger partial charge in [-0.25, -0.2) is 0 Å². The first-order valence-corrected chi connectivity index (χ1v) is 9.38. The van der Waals surface area contributed by atoms with E-state index in [9.17, 15) is 14.4 Å². The molecule has 1 aliphatic heterocycles. The number of hydrogen-bond acceptors (Lipinski definition) is 5. The zero-order valence-electron chi connectivity index (χ0n) is 15.1. The van der Waals surface area contributed by atoms with Gasteiger partial charge in [0.2, 0.25) is 5.91 Å². The van der Waals surface area contributed by atoms with Crippen LogP contribution in [0, 0.1) is 6.92 Å². The van der Waals surface area contributed by atoms with Crippen molar-refractivity contribution in [2.75, 3.05) is 13.7 Å². The number of carbonyl (C=O) groups excluding carboxylic acids is 3. The number of amides is 3. The molecule has 0 atom stereocenters. The lowest BCUT2D eigenvalue weighted by atomic mass is 9.94. The summed E-state index contributed by atoms with van der Waals surface area (Å²) in [6.07, 6.45) is 5.07. The number of allylic oxidation sites excluding steroid dienone is 1. The highest BCUT2D eigenvalue weighted by atomic mass is 32.2. The van der Waals surface area contributed by atoms with Gasteiger partial charge < -0.3 is 10.5 Å². The molecule has 0 unspecified atom stereocenters. The van der Waals surface area contributed by atoms with Crippen molar-refractivity contribution in [1.29, 1.82) is 0 Å². The van der Waals surface area contributed by atoms with Crippen molar-refractivity contribution in [3.05, 3.63) is 40.3 Å². The number of carbonyl (C=O) groups is 3. The highest BCUT2D eigenvalue weighted by Gasteiger charge is 2.37. The average Bonchev–Trinajstić information content (AvgIpc) is 2.91. The molecule has 0 bridgehead atoms. The number of nitrogens with two attached hydrogens (primary N) is 1. The quantitative estimate of drug-likeness (QED) is 0.817. The predicted molar refractivity (Wildman–Crippen MR) is 102 cm³/mol. The van der Waals surface area contributed by atoms with Crippen LogP contribution in [-0.2, 0) is 9.59 Å². The average molecular weight is 376 g/mol. The summed E-state index contributed by atoms with van der Waals surface area (Å²) in [4.78, 5) is 35.8. The summed E-state index contributed by atoms with van der Waals surface area (Å²) in [5, 5.41) is -0.387. The van der Waals surface area contributed by atoms with Gasteiger partial charge >= 0.3 is 0 Å². The highest BCUT2D eigenvalue weighted by Crippen LogP contribution is 2.37. The minimum absolute atomic E-state index is 0.318. The molecule has 0 spiro atoms. The van der Waals surface area contributed by atoms with Crippen LogP contribution in [-0.4, -0.2) is 35.6 Å². The molecule has 6 nitrogen and oxygen atoms in total. The number of methoxy groups -OCH3 is 1.